The Balaban J connectivity index is 1.71. The van der Waals surface area contributed by atoms with Gasteiger partial charge in [-0.05, 0) is 24.3 Å². The molecule has 1 heterocycles. The average Bonchev–Trinajstić information content (AvgIpc) is 2.96. The van der Waals surface area contributed by atoms with Crippen LogP contribution in [0, 0.1) is 0 Å². The molecule has 0 aliphatic rings. The first kappa shape index (κ1) is 12.8. The number of thioether (sulfide) groups is 1. The summed E-state index contributed by atoms with van der Waals surface area (Å²) in [5, 5.41) is 14.1. The molecule has 0 aliphatic carbocycles. The molecule has 3 aromatic rings. The maximum atomic E-state index is 9.73. The van der Waals surface area contributed by atoms with Crippen molar-refractivity contribution in [2.75, 3.05) is 0 Å². The number of aromatic nitrogens is 2. The van der Waals surface area contributed by atoms with Gasteiger partial charge in [0.1, 0.15) is 5.75 Å². The molecule has 3 rings (SSSR count). The monoisotopic (exact) mass is 282 g/mol. The number of aromatic hydroxyl groups is 1. The maximum absolute atomic E-state index is 9.73. The minimum absolute atomic E-state index is 0.327. The summed E-state index contributed by atoms with van der Waals surface area (Å²) in [5.74, 6) is 1.11. The summed E-state index contributed by atoms with van der Waals surface area (Å²) in [7, 11) is 0. The Morgan fingerprint density at radius 2 is 1.75 bits per heavy atom. The van der Waals surface area contributed by atoms with Crippen LogP contribution in [0.1, 0.15) is 5.56 Å². The molecule has 0 atom stereocenters. The minimum atomic E-state index is 0.327. The Labute approximate surface area is 121 Å². The second-order valence-electron chi connectivity index (χ2n) is 4.39. The van der Waals surface area contributed by atoms with Crippen molar-refractivity contribution in [2.45, 2.75) is 10.6 Å². The van der Waals surface area contributed by atoms with E-state index in [-0.39, 0.29) is 0 Å². The Bertz CT molecular complexity index is 694. The van der Waals surface area contributed by atoms with Gasteiger partial charge >= 0.3 is 0 Å². The SMILES string of the molecule is Oc1ccccc1SCc1cnn(-c2ccccc2)c1. The van der Waals surface area contributed by atoms with Crippen LogP contribution in [0.4, 0.5) is 0 Å². The lowest BCUT2D eigenvalue weighted by molar-refractivity contribution is 0.462. The van der Waals surface area contributed by atoms with Gasteiger partial charge in [0.15, 0.2) is 0 Å². The molecule has 1 N–H and O–H groups in total. The lowest BCUT2D eigenvalue weighted by atomic mass is 10.3. The maximum Gasteiger partial charge on any atom is 0.129 e. The van der Waals surface area contributed by atoms with Crippen molar-refractivity contribution in [1.29, 1.82) is 0 Å². The first-order valence-corrected chi connectivity index (χ1v) is 7.31. The molecular formula is C16H14N2OS. The number of hydrogen-bond donors (Lipinski definition) is 1. The van der Waals surface area contributed by atoms with Crippen molar-refractivity contribution < 1.29 is 5.11 Å². The minimum Gasteiger partial charge on any atom is -0.507 e. The van der Waals surface area contributed by atoms with Gasteiger partial charge in [0.2, 0.25) is 0 Å². The highest BCUT2D eigenvalue weighted by atomic mass is 32.2. The molecule has 20 heavy (non-hydrogen) atoms. The molecule has 3 nitrogen and oxygen atoms in total. The van der Waals surface area contributed by atoms with Crippen molar-refractivity contribution >= 4 is 11.8 Å². The summed E-state index contributed by atoms with van der Waals surface area (Å²) in [6.45, 7) is 0. The van der Waals surface area contributed by atoms with E-state index in [1.807, 2.05) is 65.6 Å². The summed E-state index contributed by atoms with van der Waals surface area (Å²) in [6.07, 6.45) is 3.88. The van der Waals surface area contributed by atoms with E-state index in [4.69, 9.17) is 0 Å². The number of para-hydroxylation sites is 2. The van der Waals surface area contributed by atoms with Crippen molar-refractivity contribution in [3.05, 3.63) is 72.6 Å². The predicted octanol–water partition coefficient (Wildman–Crippen LogP) is 3.87. The van der Waals surface area contributed by atoms with Crippen molar-refractivity contribution in [2.24, 2.45) is 0 Å². The molecule has 2 aromatic carbocycles. The van der Waals surface area contributed by atoms with Crippen LogP contribution in [0.15, 0.2) is 71.9 Å². The molecule has 0 amide bonds. The first-order valence-electron chi connectivity index (χ1n) is 6.33. The molecule has 0 fully saturated rings. The zero-order chi connectivity index (χ0) is 13.8. The Hall–Kier alpha value is -2.20. The van der Waals surface area contributed by atoms with Gasteiger partial charge in [0.25, 0.3) is 0 Å². The molecule has 0 saturated carbocycles. The Morgan fingerprint density at radius 1 is 1.00 bits per heavy atom. The molecule has 0 aliphatic heterocycles. The second kappa shape index (κ2) is 5.84. The van der Waals surface area contributed by atoms with Crippen LogP contribution in [-0.2, 0) is 5.75 Å². The summed E-state index contributed by atoms with van der Waals surface area (Å²) in [5.41, 5.74) is 2.17. The summed E-state index contributed by atoms with van der Waals surface area (Å²) < 4.78 is 1.86. The van der Waals surface area contributed by atoms with E-state index in [0.29, 0.717) is 5.75 Å². The van der Waals surface area contributed by atoms with Gasteiger partial charge in [0, 0.05) is 22.4 Å². The Kier molecular flexibility index (Phi) is 3.74. The van der Waals surface area contributed by atoms with Crippen LogP contribution in [0.3, 0.4) is 0 Å². The molecular weight excluding hydrogens is 268 g/mol. The molecule has 100 valence electrons. The molecule has 0 bridgehead atoms. The van der Waals surface area contributed by atoms with Gasteiger partial charge in [-0.2, -0.15) is 5.10 Å². The predicted molar refractivity (Wildman–Crippen MR) is 81.2 cm³/mol. The molecule has 0 radical (unpaired) electrons. The first-order chi connectivity index (χ1) is 9.83. The fraction of sp³-hybridized carbons (Fsp3) is 0.0625. The van der Waals surface area contributed by atoms with E-state index < -0.39 is 0 Å². The third-order valence-electron chi connectivity index (χ3n) is 2.92. The highest BCUT2D eigenvalue weighted by Crippen LogP contribution is 2.30. The van der Waals surface area contributed by atoms with E-state index in [2.05, 4.69) is 5.10 Å². The summed E-state index contributed by atoms with van der Waals surface area (Å²) >= 11 is 1.61. The van der Waals surface area contributed by atoms with Crippen LogP contribution in [0.25, 0.3) is 5.69 Å². The third kappa shape index (κ3) is 2.86. The van der Waals surface area contributed by atoms with E-state index >= 15 is 0 Å². The van der Waals surface area contributed by atoms with Gasteiger partial charge in [-0.1, -0.05) is 30.3 Å². The fourth-order valence-corrected chi connectivity index (χ4v) is 2.76. The molecule has 4 heteroatoms. The van der Waals surface area contributed by atoms with Crippen LogP contribution in [0.2, 0.25) is 0 Å². The van der Waals surface area contributed by atoms with Crippen LogP contribution in [-0.4, -0.2) is 14.9 Å². The molecule has 0 saturated heterocycles. The third-order valence-corrected chi connectivity index (χ3v) is 4.05. The molecule has 0 spiro atoms. The van der Waals surface area contributed by atoms with Crippen molar-refractivity contribution in [3.63, 3.8) is 0 Å². The molecule has 0 unspecified atom stereocenters. The summed E-state index contributed by atoms with van der Waals surface area (Å²) in [6, 6.07) is 17.4. The quantitative estimate of drug-likeness (QED) is 0.738. The highest BCUT2D eigenvalue weighted by Gasteiger charge is 2.04. The van der Waals surface area contributed by atoms with Crippen molar-refractivity contribution in [3.8, 4) is 11.4 Å². The lowest BCUT2D eigenvalue weighted by Gasteiger charge is -2.02. The average molecular weight is 282 g/mol. The fourth-order valence-electron chi connectivity index (χ4n) is 1.90. The normalized spacial score (nSPS) is 10.6. The van der Waals surface area contributed by atoms with Gasteiger partial charge < -0.3 is 5.11 Å². The van der Waals surface area contributed by atoms with Crippen LogP contribution in [0.5, 0.6) is 5.75 Å². The zero-order valence-corrected chi connectivity index (χ0v) is 11.6. The van der Waals surface area contributed by atoms with Crippen molar-refractivity contribution in [1.82, 2.24) is 9.78 Å². The smallest absolute Gasteiger partial charge is 0.129 e. The van der Waals surface area contributed by atoms with Gasteiger partial charge in [0.05, 0.1) is 11.9 Å². The van der Waals surface area contributed by atoms with E-state index in [1.54, 1.807) is 17.8 Å². The Morgan fingerprint density at radius 3 is 2.55 bits per heavy atom. The highest BCUT2D eigenvalue weighted by molar-refractivity contribution is 7.98. The van der Waals surface area contributed by atoms with E-state index in [1.165, 1.54) is 0 Å². The van der Waals surface area contributed by atoms with Gasteiger partial charge in [-0.15, -0.1) is 11.8 Å². The topological polar surface area (TPSA) is 38.1 Å². The number of benzene rings is 2. The summed E-state index contributed by atoms with van der Waals surface area (Å²) in [4.78, 5) is 0.889. The van der Waals surface area contributed by atoms with Gasteiger partial charge in [-0.25, -0.2) is 4.68 Å². The standard InChI is InChI=1S/C16H14N2OS/c19-15-8-4-5-9-16(15)20-12-13-10-17-18(11-13)14-6-2-1-3-7-14/h1-11,19H,12H2. The number of phenols is 1. The number of phenolic OH excluding ortho intramolecular Hbond substituents is 1. The lowest BCUT2D eigenvalue weighted by Crippen LogP contribution is -1.92. The van der Waals surface area contributed by atoms with Gasteiger partial charge in [-0.3, -0.25) is 0 Å². The van der Waals surface area contributed by atoms with Crippen LogP contribution < -0.4 is 0 Å². The number of rotatable bonds is 4. The van der Waals surface area contributed by atoms with E-state index in [0.717, 1.165) is 21.9 Å². The number of hydrogen-bond acceptors (Lipinski definition) is 3. The molecule has 1 aromatic heterocycles. The van der Waals surface area contributed by atoms with E-state index in [9.17, 15) is 5.11 Å². The number of nitrogens with zero attached hydrogens (tertiary/aromatic N) is 2. The largest absolute Gasteiger partial charge is 0.507 e. The zero-order valence-electron chi connectivity index (χ0n) is 10.8. The second-order valence-corrected chi connectivity index (χ2v) is 5.40. The van der Waals surface area contributed by atoms with Crippen LogP contribution >= 0.6 is 11.8 Å².